The average Bonchev–Trinajstić information content (AvgIpc) is 3.11. The smallest absolute Gasteiger partial charge is 0.225 e. The Morgan fingerprint density at radius 1 is 1.12 bits per heavy atom. The summed E-state index contributed by atoms with van der Waals surface area (Å²) in [4.78, 5) is 19.1. The van der Waals surface area contributed by atoms with Crippen molar-refractivity contribution in [3.05, 3.63) is 0 Å². The van der Waals surface area contributed by atoms with Gasteiger partial charge in [0.2, 0.25) is 5.91 Å². The van der Waals surface area contributed by atoms with E-state index < -0.39 is 0 Å². The molecule has 148 valence electrons. The Kier molecular flexibility index (Phi) is 6.73. The zero-order valence-corrected chi connectivity index (χ0v) is 18.5. The van der Waals surface area contributed by atoms with Gasteiger partial charge >= 0.3 is 0 Å². The lowest BCUT2D eigenvalue weighted by atomic mass is 9.65. The van der Waals surface area contributed by atoms with Crippen LogP contribution in [0, 0.1) is 17.3 Å². The fourth-order valence-electron chi connectivity index (χ4n) is 5.21. The molecule has 1 atom stereocenters. The number of halogens is 1. The van der Waals surface area contributed by atoms with Crippen LogP contribution in [0.5, 0.6) is 0 Å². The number of carbonyl (C=O) groups excluding carboxylic acids is 1. The maximum absolute atomic E-state index is 12.6. The number of hydrogen-bond acceptors (Lipinski definition) is 2. The van der Waals surface area contributed by atoms with Gasteiger partial charge in [0, 0.05) is 38.6 Å². The predicted molar refractivity (Wildman–Crippen MR) is 116 cm³/mol. The van der Waals surface area contributed by atoms with Crippen molar-refractivity contribution in [2.24, 2.45) is 22.2 Å². The van der Waals surface area contributed by atoms with Crippen molar-refractivity contribution < 1.29 is 4.79 Å². The summed E-state index contributed by atoms with van der Waals surface area (Å²) in [5.41, 5.74) is 0.553. The Morgan fingerprint density at radius 3 is 2.42 bits per heavy atom. The minimum atomic E-state index is 0. The maximum atomic E-state index is 12.6. The molecule has 1 unspecified atom stereocenters. The monoisotopic (exact) mass is 474 g/mol. The van der Waals surface area contributed by atoms with Crippen LogP contribution >= 0.6 is 24.0 Å². The molecule has 1 saturated heterocycles. The molecule has 1 aliphatic heterocycles. The number of nitrogens with one attached hydrogen (secondary N) is 2. The molecule has 1 heterocycles. The summed E-state index contributed by atoms with van der Waals surface area (Å²) in [6, 6.07) is 0.342. The number of nitrogens with zero attached hydrogens (tertiary/aromatic N) is 2. The molecule has 0 spiro atoms. The van der Waals surface area contributed by atoms with Gasteiger partial charge in [0.05, 0.1) is 0 Å². The van der Waals surface area contributed by atoms with Gasteiger partial charge in [-0.3, -0.25) is 9.79 Å². The highest BCUT2D eigenvalue weighted by atomic mass is 127. The standard InChI is InChI=1S/C20H34N4O.HI/c1-21-19(22-14-20(10-4-11-20)16-7-8-16)23-17-9-12-24(13-17)18(25)15-5-2-3-6-15;/h15-17H,2-14H2,1H3,(H2,21,22,23);1H. The van der Waals surface area contributed by atoms with Crippen LogP contribution in [0.1, 0.15) is 64.2 Å². The largest absolute Gasteiger partial charge is 0.356 e. The summed E-state index contributed by atoms with van der Waals surface area (Å²) < 4.78 is 0. The first-order valence-corrected chi connectivity index (χ1v) is 10.5. The first kappa shape index (κ1) is 20.2. The minimum absolute atomic E-state index is 0. The van der Waals surface area contributed by atoms with E-state index in [1.165, 1.54) is 44.9 Å². The molecule has 3 aliphatic carbocycles. The van der Waals surface area contributed by atoms with Gasteiger partial charge in [-0.15, -0.1) is 24.0 Å². The normalized spacial score (nSPS) is 28.4. The van der Waals surface area contributed by atoms with Crippen molar-refractivity contribution in [2.45, 2.75) is 70.3 Å². The molecule has 26 heavy (non-hydrogen) atoms. The fraction of sp³-hybridized carbons (Fsp3) is 0.900. The third-order valence-electron chi connectivity index (χ3n) is 7.17. The number of guanidine groups is 1. The highest BCUT2D eigenvalue weighted by Crippen LogP contribution is 2.56. The average molecular weight is 474 g/mol. The van der Waals surface area contributed by atoms with Crippen LogP contribution in [-0.4, -0.2) is 49.5 Å². The first-order valence-electron chi connectivity index (χ1n) is 10.5. The molecular weight excluding hydrogens is 439 g/mol. The van der Waals surface area contributed by atoms with E-state index in [0.717, 1.165) is 50.8 Å². The van der Waals surface area contributed by atoms with E-state index in [0.29, 0.717) is 23.3 Å². The number of aliphatic imine (C=N–C) groups is 1. The third-order valence-corrected chi connectivity index (χ3v) is 7.17. The van der Waals surface area contributed by atoms with Gasteiger partial charge < -0.3 is 15.5 Å². The van der Waals surface area contributed by atoms with Crippen molar-refractivity contribution >= 4 is 35.8 Å². The molecule has 6 heteroatoms. The van der Waals surface area contributed by atoms with Crippen LogP contribution in [0.25, 0.3) is 0 Å². The number of carbonyl (C=O) groups is 1. The van der Waals surface area contributed by atoms with E-state index in [1.54, 1.807) is 0 Å². The number of amides is 1. The molecule has 0 aromatic heterocycles. The Bertz CT molecular complexity index is 524. The van der Waals surface area contributed by atoms with E-state index >= 15 is 0 Å². The summed E-state index contributed by atoms with van der Waals surface area (Å²) >= 11 is 0. The van der Waals surface area contributed by atoms with Crippen LogP contribution in [-0.2, 0) is 4.79 Å². The Morgan fingerprint density at radius 2 is 1.85 bits per heavy atom. The quantitative estimate of drug-likeness (QED) is 0.366. The molecular formula is C20H35IN4O. The molecule has 2 N–H and O–H groups in total. The van der Waals surface area contributed by atoms with Crippen molar-refractivity contribution in [3.8, 4) is 0 Å². The fourth-order valence-corrected chi connectivity index (χ4v) is 5.21. The van der Waals surface area contributed by atoms with Crippen molar-refractivity contribution in [1.29, 1.82) is 0 Å². The van der Waals surface area contributed by atoms with Gasteiger partial charge in [0.25, 0.3) is 0 Å². The molecule has 0 aromatic carbocycles. The molecule has 4 aliphatic rings. The van der Waals surface area contributed by atoms with Crippen LogP contribution in [0.3, 0.4) is 0 Å². The predicted octanol–water partition coefficient (Wildman–Crippen LogP) is 3.14. The number of rotatable bonds is 5. The zero-order valence-electron chi connectivity index (χ0n) is 16.1. The molecule has 0 radical (unpaired) electrons. The summed E-state index contributed by atoms with van der Waals surface area (Å²) in [5, 5.41) is 7.16. The molecule has 1 amide bonds. The second-order valence-electron chi connectivity index (χ2n) is 8.81. The van der Waals surface area contributed by atoms with Crippen molar-refractivity contribution in [2.75, 3.05) is 26.7 Å². The van der Waals surface area contributed by atoms with E-state index in [1.807, 2.05) is 7.05 Å². The van der Waals surface area contributed by atoms with Gasteiger partial charge in [0.1, 0.15) is 0 Å². The Labute approximate surface area is 175 Å². The van der Waals surface area contributed by atoms with Crippen LogP contribution in [0.4, 0.5) is 0 Å². The Hall–Kier alpha value is -0.530. The van der Waals surface area contributed by atoms with E-state index in [4.69, 9.17) is 0 Å². The number of hydrogen-bond donors (Lipinski definition) is 2. The summed E-state index contributed by atoms with van der Waals surface area (Å²) in [6.45, 7) is 2.80. The Balaban J connectivity index is 0.00000196. The van der Waals surface area contributed by atoms with Crippen LogP contribution in [0.2, 0.25) is 0 Å². The molecule has 0 aromatic rings. The van der Waals surface area contributed by atoms with Crippen LogP contribution in [0.15, 0.2) is 4.99 Å². The lowest BCUT2D eigenvalue weighted by Crippen LogP contribution is -2.50. The van der Waals surface area contributed by atoms with E-state index in [-0.39, 0.29) is 24.0 Å². The summed E-state index contributed by atoms with van der Waals surface area (Å²) in [5.74, 6) is 2.57. The molecule has 0 bridgehead atoms. The highest BCUT2D eigenvalue weighted by molar-refractivity contribution is 14.0. The summed E-state index contributed by atoms with van der Waals surface area (Å²) in [6.07, 6.45) is 12.7. The van der Waals surface area contributed by atoms with Gasteiger partial charge in [-0.05, 0) is 56.3 Å². The van der Waals surface area contributed by atoms with Gasteiger partial charge in [-0.2, -0.15) is 0 Å². The van der Waals surface area contributed by atoms with E-state index in [9.17, 15) is 4.79 Å². The highest BCUT2D eigenvalue weighted by Gasteiger charge is 2.48. The van der Waals surface area contributed by atoms with Crippen molar-refractivity contribution in [3.63, 3.8) is 0 Å². The topological polar surface area (TPSA) is 56.7 Å². The lowest BCUT2D eigenvalue weighted by molar-refractivity contribution is -0.134. The maximum Gasteiger partial charge on any atom is 0.225 e. The first-order chi connectivity index (χ1) is 12.2. The molecule has 5 nitrogen and oxygen atoms in total. The van der Waals surface area contributed by atoms with Gasteiger partial charge in [-0.1, -0.05) is 19.3 Å². The van der Waals surface area contributed by atoms with Crippen LogP contribution < -0.4 is 10.6 Å². The lowest BCUT2D eigenvalue weighted by Gasteiger charge is -2.43. The molecule has 3 saturated carbocycles. The number of likely N-dealkylation sites (tertiary alicyclic amines) is 1. The van der Waals surface area contributed by atoms with Gasteiger partial charge in [0.15, 0.2) is 5.96 Å². The third kappa shape index (κ3) is 4.30. The van der Waals surface area contributed by atoms with E-state index in [2.05, 4.69) is 20.5 Å². The second-order valence-corrected chi connectivity index (χ2v) is 8.81. The van der Waals surface area contributed by atoms with Gasteiger partial charge in [-0.25, -0.2) is 0 Å². The zero-order chi connectivity index (χ0) is 17.3. The second kappa shape index (κ2) is 8.65. The SMILES string of the molecule is CN=C(NCC1(C2CC2)CCC1)NC1CCN(C(=O)C2CCCC2)C1.I. The minimum Gasteiger partial charge on any atom is -0.356 e. The summed E-state index contributed by atoms with van der Waals surface area (Å²) in [7, 11) is 1.86. The molecule has 4 rings (SSSR count). The molecule has 4 fully saturated rings. The van der Waals surface area contributed by atoms with Crippen molar-refractivity contribution in [1.82, 2.24) is 15.5 Å².